The van der Waals surface area contributed by atoms with Crippen molar-refractivity contribution in [2.24, 2.45) is 0 Å². The van der Waals surface area contributed by atoms with Crippen LogP contribution in [-0.2, 0) is 0 Å². The second-order valence-corrected chi connectivity index (χ2v) is 6.95. The third-order valence-electron chi connectivity index (χ3n) is 2.98. The summed E-state index contributed by atoms with van der Waals surface area (Å²) >= 11 is 4.04. The van der Waals surface area contributed by atoms with Crippen LogP contribution in [0.25, 0.3) is 11.0 Å². The van der Waals surface area contributed by atoms with Gasteiger partial charge in [0.15, 0.2) is 11.6 Å². The lowest BCUT2D eigenvalue weighted by Crippen LogP contribution is -2.24. The van der Waals surface area contributed by atoms with Gasteiger partial charge in [-0.25, -0.2) is 9.97 Å². The van der Waals surface area contributed by atoms with Gasteiger partial charge in [0, 0.05) is 29.1 Å². The first kappa shape index (κ1) is 12.9. The van der Waals surface area contributed by atoms with Gasteiger partial charge in [-0.2, -0.15) is 23.5 Å². The van der Waals surface area contributed by atoms with E-state index < -0.39 is 0 Å². The maximum Gasteiger partial charge on any atom is 0.169 e. The topological polar surface area (TPSA) is 63.8 Å². The van der Waals surface area contributed by atoms with Crippen molar-refractivity contribution in [3.63, 3.8) is 0 Å². The highest BCUT2D eigenvalue weighted by Crippen LogP contribution is 2.25. The van der Waals surface area contributed by atoms with Crippen molar-refractivity contribution < 1.29 is 0 Å². The van der Waals surface area contributed by atoms with E-state index in [1.807, 2.05) is 47.8 Å². The number of hydrogen-bond donors (Lipinski definition) is 2. The molecule has 1 unspecified atom stereocenters. The summed E-state index contributed by atoms with van der Waals surface area (Å²) in [6, 6.07) is 7.79. The number of nitrogens with one attached hydrogen (secondary N) is 1. The minimum absolute atomic E-state index is 0.479. The minimum atomic E-state index is 0.479. The third kappa shape index (κ3) is 3.06. The Kier molecular flexibility index (Phi) is 3.98. The van der Waals surface area contributed by atoms with E-state index in [0.717, 1.165) is 17.6 Å². The van der Waals surface area contributed by atoms with Crippen molar-refractivity contribution in [3.05, 3.63) is 24.3 Å². The average molecular weight is 292 g/mol. The van der Waals surface area contributed by atoms with Crippen molar-refractivity contribution in [3.8, 4) is 0 Å². The molecule has 0 bridgehead atoms. The van der Waals surface area contributed by atoms with Crippen LogP contribution in [0, 0.1) is 0 Å². The zero-order chi connectivity index (χ0) is 13.1. The maximum absolute atomic E-state index is 5.95. The number of anilines is 2. The summed E-state index contributed by atoms with van der Waals surface area (Å²) < 4.78 is 0. The molecule has 6 heteroatoms. The summed E-state index contributed by atoms with van der Waals surface area (Å²) in [5.74, 6) is 4.87. The number of nitrogens with two attached hydrogens (primary N) is 1. The fourth-order valence-electron chi connectivity index (χ4n) is 2.01. The SMILES string of the molecule is Nc1nc2ccccc2nc1NCC1CSCCS1. The molecule has 1 aromatic carbocycles. The molecule has 0 amide bonds. The van der Waals surface area contributed by atoms with E-state index in [4.69, 9.17) is 5.73 Å². The van der Waals surface area contributed by atoms with Crippen LogP contribution in [0.4, 0.5) is 11.6 Å². The second-order valence-electron chi connectivity index (χ2n) is 4.39. The molecule has 0 aliphatic carbocycles. The quantitative estimate of drug-likeness (QED) is 0.906. The van der Waals surface area contributed by atoms with E-state index in [1.165, 1.54) is 17.3 Å². The molecule has 1 aliphatic rings. The van der Waals surface area contributed by atoms with Crippen molar-refractivity contribution in [1.29, 1.82) is 0 Å². The number of para-hydroxylation sites is 2. The van der Waals surface area contributed by atoms with Gasteiger partial charge < -0.3 is 11.1 Å². The first-order chi connectivity index (χ1) is 9.33. The Morgan fingerprint density at radius 3 is 2.74 bits per heavy atom. The molecule has 19 heavy (non-hydrogen) atoms. The van der Waals surface area contributed by atoms with Gasteiger partial charge >= 0.3 is 0 Å². The van der Waals surface area contributed by atoms with Gasteiger partial charge in [0.1, 0.15) is 0 Å². The van der Waals surface area contributed by atoms with Gasteiger partial charge in [0.25, 0.3) is 0 Å². The summed E-state index contributed by atoms with van der Waals surface area (Å²) in [4.78, 5) is 8.92. The number of nitrogen functional groups attached to an aromatic ring is 1. The predicted molar refractivity (Wildman–Crippen MR) is 86.0 cm³/mol. The number of fused-ring (bicyclic) bond motifs is 1. The first-order valence-electron chi connectivity index (χ1n) is 6.28. The molecule has 1 aromatic heterocycles. The fraction of sp³-hybridized carbons (Fsp3) is 0.385. The number of benzene rings is 1. The smallest absolute Gasteiger partial charge is 0.169 e. The molecule has 1 atom stereocenters. The van der Waals surface area contributed by atoms with Crippen LogP contribution in [0.3, 0.4) is 0 Å². The molecule has 2 heterocycles. The van der Waals surface area contributed by atoms with Gasteiger partial charge in [-0.15, -0.1) is 0 Å². The van der Waals surface area contributed by atoms with Gasteiger partial charge in [0.2, 0.25) is 0 Å². The van der Waals surface area contributed by atoms with Crippen LogP contribution in [0.5, 0.6) is 0 Å². The van der Waals surface area contributed by atoms with Crippen molar-refractivity contribution in [1.82, 2.24) is 9.97 Å². The first-order valence-corrected chi connectivity index (χ1v) is 8.49. The maximum atomic E-state index is 5.95. The van der Waals surface area contributed by atoms with Gasteiger partial charge in [-0.3, -0.25) is 0 Å². The Balaban J connectivity index is 1.74. The second kappa shape index (κ2) is 5.88. The fourth-order valence-corrected chi connectivity index (χ4v) is 4.62. The molecule has 0 radical (unpaired) electrons. The molecule has 1 fully saturated rings. The number of hydrogen-bond acceptors (Lipinski definition) is 6. The molecule has 3 N–H and O–H groups in total. The molecule has 1 aliphatic heterocycles. The summed E-state index contributed by atoms with van der Waals surface area (Å²) in [6.07, 6.45) is 0. The van der Waals surface area contributed by atoms with Crippen LogP contribution in [0.1, 0.15) is 0 Å². The Labute approximate surface area is 121 Å². The van der Waals surface area contributed by atoms with E-state index in [0.29, 0.717) is 16.9 Å². The Hall–Kier alpha value is -1.14. The highest BCUT2D eigenvalue weighted by molar-refractivity contribution is 8.06. The zero-order valence-corrected chi connectivity index (χ0v) is 12.1. The molecule has 100 valence electrons. The molecule has 2 aromatic rings. The summed E-state index contributed by atoms with van der Waals surface area (Å²) in [5.41, 5.74) is 7.67. The number of aromatic nitrogens is 2. The zero-order valence-electron chi connectivity index (χ0n) is 10.5. The van der Waals surface area contributed by atoms with Crippen LogP contribution >= 0.6 is 23.5 Å². The largest absolute Gasteiger partial charge is 0.381 e. The van der Waals surface area contributed by atoms with E-state index in [-0.39, 0.29) is 0 Å². The highest BCUT2D eigenvalue weighted by atomic mass is 32.2. The van der Waals surface area contributed by atoms with Gasteiger partial charge in [0.05, 0.1) is 11.0 Å². The lowest BCUT2D eigenvalue weighted by atomic mass is 10.3. The highest BCUT2D eigenvalue weighted by Gasteiger charge is 2.15. The molecule has 0 saturated carbocycles. The summed E-state index contributed by atoms with van der Waals surface area (Å²) in [7, 11) is 0. The van der Waals surface area contributed by atoms with Crippen LogP contribution in [0.2, 0.25) is 0 Å². The lowest BCUT2D eigenvalue weighted by Gasteiger charge is -2.21. The molecule has 4 nitrogen and oxygen atoms in total. The van der Waals surface area contributed by atoms with Crippen molar-refractivity contribution >= 4 is 46.2 Å². The number of rotatable bonds is 3. The standard InChI is InChI=1S/C13H16N4S2/c14-12-13(15-7-9-8-18-5-6-19-9)17-11-4-2-1-3-10(11)16-12/h1-4,9H,5-8H2,(H2,14,16)(H,15,17). The molecular formula is C13H16N4S2. The summed E-state index contributed by atoms with van der Waals surface area (Å²) in [6.45, 7) is 0.898. The van der Waals surface area contributed by atoms with E-state index in [1.54, 1.807) is 0 Å². The third-order valence-corrected chi connectivity index (χ3v) is 5.82. The van der Waals surface area contributed by atoms with Crippen LogP contribution in [0.15, 0.2) is 24.3 Å². The number of thioether (sulfide) groups is 2. The summed E-state index contributed by atoms with van der Waals surface area (Å²) in [5, 5.41) is 3.97. The molecular weight excluding hydrogens is 276 g/mol. The van der Waals surface area contributed by atoms with Crippen LogP contribution in [-0.4, -0.2) is 39.0 Å². The Morgan fingerprint density at radius 2 is 2.00 bits per heavy atom. The van der Waals surface area contributed by atoms with Gasteiger partial charge in [-0.1, -0.05) is 12.1 Å². The average Bonchev–Trinajstić information content (AvgIpc) is 2.46. The van der Waals surface area contributed by atoms with Gasteiger partial charge in [-0.05, 0) is 12.1 Å². The van der Waals surface area contributed by atoms with E-state index in [2.05, 4.69) is 15.3 Å². The van der Waals surface area contributed by atoms with E-state index >= 15 is 0 Å². The predicted octanol–water partition coefficient (Wildman–Crippen LogP) is 2.47. The molecule has 1 saturated heterocycles. The van der Waals surface area contributed by atoms with Crippen molar-refractivity contribution in [2.45, 2.75) is 5.25 Å². The number of nitrogens with zero attached hydrogens (tertiary/aromatic N) is 2. The van der Waals surface area contributed by atoms with Crippen LogP contribution < -0.4 is 11.1 Å². The Morgan fingerprint density at radius 1 is 1.21 bits per heavy atom. The van der Waals surface area contributed by atoms with E-state index in [9.17, 15) is 0 Å². The monoisotopic (exact) mass is 292 g/mol. The lowest BCUT2D eigenvalue weighted by molar-refractivity contribution is 0.994. The molecule has 3 rings (SSSR count). The minimum Gasteiger partial charge on any atom is -0.381 e. The normalized spacial score (nSPS) is 19.5. The molecule has 0 spiro atoms. The Bertz CT molecular complexity index is 570. The van der Waals surface area contributed by atoms with Crippen molar-refractivity contribution in [2.75, 3.05) is 34.9 Å².